The number of nitrogen functional groups attached to an aromatic ring is 1. The summed E-state index contributed by atoms with van der Waals surface area (Å²) in [5.74, 6) is 0.0200. The van der Waals surface area contributed by atoms with Crippen molar-refractivity contribution in [2.45, 2.75) is 13.8 Å². The first-order chi connectivity index (χ1) is 8.08. The van der Waals surface area contributed by atoms with Crippen molar-refractivity contribution in [2.24, 2.45) is 5.73 Å². The van der Waals surface area contributed by atoms with Crippen LogP contribution in [0.3, 0.4) is 0 Å². The number of nitrogens with two attached hydrogens (primary N) is 1. The molecule has 0 heterocycles. The molecule has 1 aromatic rings. The molecule has 5 nitrogen and oxygen atoms in total. The van der Waals surface area contributed by atoms with Crippen molar-refractivity contribution in [3.63, 3.8) is 0 Å². The van der Waals surface area contributed by atoms with E-state index in [9.17, 15) is 4.79 Å². The van der Waals surface area contributed by atoms with Crippen molar-refractivity contribution < 1.29 is 4.79 Å². The van der Waals surface area contributed by atoms with Crippen LogP contribution in [0.5, 0.6) is 0 Å². The lowest BCUT2D eigenvalue weighted by atomic mass is 10.2. The summed E-state index contributed by atoms with van der Waals surface area (Å²) in [7, 11) is 0. The number of hydrogen-bond acceptors (Lipinski definition) is 2. The van der Waals surface area contributed by atoms with E-state index in [1.165, 1.54) is 0 Å². The second-order valence-corrected chi connectivity index (χ2v) is 3.59. The van der Waals surface area contributed by atoms with E-state index < -0.39 is 0 Å². The monoisotopic (exact) mass is 234 g/mol. The van der Waals surface area contributed by atoms with Gasteiger partial charge in [-0.2, -0.15) is 0 Å². The minimum atomic E-state index is -0.120. The van der Waals surface area contributed by atoms with Crippen LogP contribution in [-0.4, -0.2) is 29.9 Å². The average molecular weight is 234 g/mol. The molecule has 0 saturated carbocycles. The molecule has 0 fully saturated rings. The van der Waals surface area contributed by atoms with Gasteiger partial charge in [-0.3, -0.25) is 5.41 Å². The molecule has 17 heavy (non-hydrogen) atoms. The number of nitrogens with one attached hydrogen (secondary N) is 2. The Balaban J connectivity index is 2.69. The Hall–Kier alpha value is -2.04. The smallest absolute Gasteiger partial charge is 0.321 e. The number of rotatable bonds is 4. The van der Waals surface area contributed by atoms with Gasteiger partial charge in [0.25, 0.3) is 0 Å². The molecule has 1 aromatic carbocycles. The lowest BCUT2D eigenvalue weighted by Gasteiger charge is -2.19. The number of carbonyl (C=O) groups excluding carboxylic acids is 1. The first-order valence-electron chi connectivity index (χ1n) is 5.58. The molecular weight excluding hydrogens is 216 g/mol. The SMILES string of the molecule is CCN(CC)C(=O)Nc1ccc(C(=N)N)cc1. The van der Waals surface area contributed by atoms with Crippen LogP contribution in [0.25, 0.3) is 0 Å². The number of amidine groups is 1. The quantitative estimate of drug-likeness (QED) is 0.548. The first kappa shape index (κ1) is 13.0. The van der Waals surface area contributed by atoms with Crippen LogP contribution in [0.15, 0.2) is 24.3 Å². The molecule has 0 unspecified atom stereocenters. The molecular formula is C12H18N4O. The number of benzene rings is 1. The van der Waals surface area contributed by atoms with Crippen LogP contribution in [0, 0.1) is 5.41 Å². The molecule has 0 aliphatic rings. The van der Waals surface area contributed by atoms with Gasteiger partial charge in [0, 0.05) is 24.3 Å². The lowest BCUT2D eigenvalue weighted by Crippen LogP contribution is -2.34. The number of urea groups is 1. The maximum absolute atomic E-state index is 11.7. The van der Waals surface area contributed by atoms with E-state index in [4.69, 9.17) is 11.1 Å². The van der Waals surface area contributed by atoms with Crippen LogP contribution in [-0.2, 0) is 0 Å². The van der Waals surface area contributed by atoms with E-state index in [2.05, 4.69) is 5.32 Å². The van der Waals surface area contributed by atoms with Crippen molar-refractivity contribution in [3.8, 4) is 0 Å². The average Bonchev–Trinajstić information content (AvgIpc) is 2.31. The van der Waals surface area contributed by atoms with E-state index in [0.29, 0.717) is 24.3 Å². The molecule has 92 valence electrons. The summed E-state index contributed by atoms with van der Waals surface area (Å²) in [4.78, 5) is 13.4. The fourth-order valence-electron chi connectivity index (χ4n) is 1.45. The molecule has 0 saturated heterocycles. The molecule has 0 atom stereocenters. The zero-order valence-electron chi connectivity index (χ0n) is 10.2. The summed E-state index contributed by atoms with van der Waals surface area (Å²) >= 11 is 0. The molecule has 0 aromatic heterocycles. The van der Waals surface area contributed by atoms with Gasteiger partial charge in [0.15, 0.2) is 0 Å². The molecule has 0 bridgehead atoms. The second-order valence-electron chi connectivity index (χ2n) is 3.59. The Morgan fingerprint density at radius 3 is 2.24 bits per heavy atom. The van der Waals surface area contributed by atoms with Gasteiger partial charge in [-0.1, -0.05) is 0 Å². The number of hydrogen-bond donors (Lipinski definition) is 3. The van der Waals surface area contributed by atoms with Crippen LogP contribution in [0.2, 0.25) is 0 Å². The zero-order valence-corrected chi connectivity index (χ0v) is 10.2. The van der Waals surface area contributed by atoms with Gasteiger partial charge in [-0.05, 0) is 38.1 Å². The Kier molecular flexibility index (Phi) is 4.51. The van der Waals surface area contributed by atoms with E-state index in [-0.39, 0.29) is 11.9 Å². The zero-order chi connectivity index (χ0) is 12.8. The predicted molar refractivity (Wildman–Crippen MR) is 69.4 cm³/mol. The highest BCUT2D eigenvalue weighted by Gasteiger charge is 2.08. The maximum atomic E-state index is 11.7. The lowest BCUT2D eigenvalue weighted by molar-refractivity contribution is 0.217. The van der Waals surface area contributed by atoms with Crippen LogP contribution < -0.4 is 11.1 Å². The third kappa shape index (κ3) is 3.48. The summed E-state index contributed by atoms with van der Waals surface area (Å²) in [5.41, 5.74) is 6.69. The minimum Gasteiger partial charge on any atom is -0.384 e. The van der Waals surface area contributed by atoms with Gasteiger partial charge in [-0.25, -0.2) is 4.79 Å². The van der Waals surface area contributed by atoms with Crippen LogP contribution in [0.1, 0.15) is 19.4 Å². The highest BCUT2D eigenvalue weighted by Crippen LogP contribution is 2.10. The van der Waals surface area contributed by atoms with Gasteiger partial charge in [0.2, 0.25) is 0 Å². The fraction of sp³-hybridized carbons (Fsp3) is 0.333. The predicted octanol–water partition coefficient (Wildman–Crippen LogP) is 1.84. The fourth-order valence-corrected chi connectivity index (χ4v) is 1.45. The van der Waals surface area contributed by atoms with Gasteiger partial charge >= 0.3 is 6.03 Å². The molecule has 4 N–H and O–H groups in total. The van der Waals surface area contributed by atoms with Crippen molar-refractivity contribution >= 4 is 17.6 Å². The Labute approximate surface area is 101 Å². The second kappa shape index (κ2) is 5.89. The van der Waals surface area contributed by atoms with E-state index in [1.807, 2.05) is 13.8 Å². The standard InChI is InChI=1S/C12H18N4O/c1-3-16(4-2)12(17)15-10-7-5-9(6-8-10)11(13)14/h5-8H,3-4H2,1-2H3,(H3,13,14)(H,15,17). The van der Waals surface area contributed by atoms with Crippen molar-refractivity contribution in [3.05, 3.63) is 29.8 Å². The molecule has 0 aliphatic carbocycles. The van der Waals surface area contributed by atoms with E-state index >= 15 is 0 Å². The Bertz CT molecular complexity index is 395. The third-order valence-electron chi connectivity index (χ3n) is 2.50. The third-order valence-corrected chi connectivity index (χ3v) is 2.50. The highest BCUT2D eigenvalue weighted by atomic mass is 16.2. The maximum Gasteiger partial charge on any atom is 0.321 e. The number of nitrogens with zero attached hydrogens (tertiary/aromatic N) is 1. The molecule has 0 radical (unpaired) electrons. The largest absolute Gasteiger partial charge is 0.384 e. The van der Waals surface area contributed by atoms with E-state index in [0.717, 1.165) is 0 Å². The normalized spacial score (nSPS) is 9.76. The van der Waals surface area contributed by atoms with Crippen molar-refractivity contribution in [1.29, 1.82) is 5.41 Å². The highest BCUT2D eigenvalue weighted by molar-refractivity contribution is 5.96. The van der Waals surface area contributed by atoms with Crippen LogP contribution in [0.4, 0.5) is 10.5 Å². The summed E-state index contributed by atoms with van der Waals surface area (Å²) < 4.78 is 0. The first-order valence-corrected chi connectivity index (χ1v) is 5.58. The van der Waals surface area contributed by atoms with Gasteiger partial charge in [0.05, 0.1) is 0 Å². The van der Waals surface area contributed by atoms with Crippen LogP contribution >= 0.6 is 0 Å². The Morgan fingerprint density at radius 2 is 1.82 bits per heavy atom. The number of carbonyl (C=O) groups is 1. The van der Waals surface area contributed by atoms with Gasteiger partial charge in [0.1, 0.15) is 5.84 Å². The summed E-state index contributed by atoms with van der Waals surface area (Å²) in [6.45, 7) is 5.21. The van der Waals surface area contributed by atoms with E-state index in [1.54, 1.807) is 29.2 Å². The summed E-state index contributed by atoms with van der Waals surface area (Å²) in [6, 6.07) is 6.77. The number of anilines is 1. The summed E-state index contributed by atoms with van der Waals surface area (Å²) in [6.07, 6.45) is 0. The van der Waals surface area contributed by atoms with Gasteiger partial charge in [-0.15, -0.1) is 0 Å². The van der Waals surface area contributed by atoms with Crippen molar-refractivity contribution in [2.75, 3.05) is 18.4 Å². The minimum absolute atomic E-state index is 0.0200. The molecule has 2 amide bonds. The van der Waals surface area contributed by atoms with Gasteiger partial charge < -0.3 is 16.0 Å². The summed E-state index contributed by atoms with van der Waals surface area (Å²) in [5, 5.41) is 10.0. The van der Waals surface area contributed by atoms with Crippen molar-refractivity contribution in [1.82, 2.24) is 4.90 Å². The topological polar surface area (TPSA) is 82.2 Å². The molecule has 0 spiro atoms. The molecule has 1 rings (SSSR count). The molecule has 0 aliphatic heterocycles. The molecule has 5 heteroatoms. The number of amides is 2. The Morgan fingerprint density at radius 1 is 1.29 bits per heavy atom.